The lowest BCUT2D eigenvalue weighted by Gasteiger charge is -2.22. The Hall–Kier alpha value is -2.56. The van der Waals surface area contributed by atoms with E-state index >= 15 is 0 Å². The van der Waals surface area contributed by atoms with E-state index in [1.165, 1.54) is 47.3 Å². The van der Waals surface area contributed by atoms with Gasteiger partial charge in [-0.25, -0.2) is 4.98 Å². The number of benzene rings is 2. The molecular formula is C28H28N2S2. The number of thiazole rings is 1. The highest BCUT2D eigenvalue weighted by molar-refractivity contribution is 7.21. The highest BCUT2D eigenvalue weighted by Gasteiger charge is 2.23. The lowest BCUT2D eigenvalue weighted by molar-refractivity contribution is 0.596. The van der Waals surface area contributed by atoms with E-state index in [0.717, 1.165) is 10.7 Å². The number of hydrogen-bond acceptors (Lipinski definition) is 4. The van der Waals surface area contributed by atoms with Gasteiger partial charge in [-0.1, -0.05) is 58.9 Å². The monoisotopic (exact) mass is 456 g/mol. The Labute approximate surface area is 198 Å². The van der Waals surface area contributed by atoms with E-state index in [1.54, 1.807) is 11.3 Å². The third kappa shape index (κ3) is 3.56. The van der Waals surface area contributed by atoms with Crippen LogP contribution in [-0.4, -0.2) is 9.97 Å². The molecule has 32 heavy (non-hydrogen) atoms. The van der Waals surface area contributed by atoms with Crippen LogP contribution in [0.3, 0.4) is 0 Å². The Morgan fingerprint density at radius 3 is 2.38 bits per heavy atom. The molecule has 5 aromatic rings. The molecule has 3 heterocycles. The van der Waals surface area contributed by atoms with Gasteiger partial charge in [-0.05, 0) is 52.8 Å². The maximum atomic E-state index is 4.92. The van der Waals surface area contributed by atoms with Gasteiger partial charge in [0.25, 0.3) is 0 Å². The van der Waals surface area contributed by atoms with Crippen molar-refractivity contribution in [3.8, 4) is 21.7 Å². The lowest BCUT2D eigenvalue weighted by atomic mass is 9.82. The molecule has 0 saturated carbocycles. The minimum Gasteiger partial charge on any atom is -0.255 e. The van der Waals surface area contributed by atoms with Crippen molar-refractivity contribution in [2.45, 2.75) is 52.9 Å². The fraction of sp³-hybridized carbons (Fsp3) is 0.286. The molecule has 0 atom stereocenters. The molecule has 5 rings (SSSR count). The van der Waals surface area contributed by atoms with E-state index in [0.29, 0.717) is 5.92 Å². The number of fused-ring (bicyclic) bond motifs is 2. The average molecular weight is 457 g/mol. The maximum absolute atomic E-state index is 4.92. The summed E-state index contributed by atoms with van der Waals surface area (Å²) in [5, 5.41) is 4.99. The number of rotatable bonds is 3. The molecule has 0 aliphatic rings. The minimum absolute atomic E-state index is 0.0490. The largest absolute Gasteiger partial charge is 0.255 e. The SMILES string of the molecule is Cc1ncc(-c2c(C(C)C)sc3c(-c4cc(C(C)(C)C)c5ccccc5c4)nccc23)s1. The zero-order chi connectivity index (χ0) is 22.6. The Kier molecular flexibility index (Phi) is 5.18. The van der Waals surface area contributed by atoms with Gasteiger partial charge in [-0.3, -0.25) is 4.98 Å². The van der Waals surface area contributed by atoms with Gasteiger partial charge in [0, 0.05) is 33.8 Å². The van der Waals surface area contributed by atoms with Crippen molar-refractivity contribution in [1.82, 2.24) is 9.97 Å². The molecule has 0 radical (unpaired) electrons. The summed E-state index contributed by atoms with van der Waals surface area (Å²) in [6.07, 6.45) is 4.00. The van der Waals surface area contributed by atoms with E-state index in [-0.39, 0.29) is 5.41 Å². The van der Waals surface area contributed by atoms with Crippen LogP contribution in [0.5, 0.6) is 0 Å². The topological polar surface area (TPSA) is 25.8 Å². The summed E-state index contributed by atoms with van der Waals surface area (Å²) in [6.45, 7) is 13.5. The number of nitrogens with zero attached hydrogens (tertiary/aromatic N) is 2. The first-order valence-electron chi connectivity index (χ1n) is 11.1. The Morgan fingerprint density at radius 1 is 0.906 bits per heavy atom. The molecule has 0 fully saturated rings. The smallest absolute Gasteiger partial charge is 0.0900 e. The molecule has 0 aliphatic heterocycles. The fourth-order valence-corrected chi connectivity index (χ4v) is 6.69. The number of aromatic nitrogens is 2. The van der Waals surface area contributed by atoms with Crippen molar-refractivity contribution >= 4 is 43.5 Å². The van der Waals surface area contributed by atoms with E-state index in [9.17, 15) is 0 Å². The summed E-state index contributed by atoms with van der Waals surface area (Å²) >= 11 is 3.67. The van der Waals surface area contributed by atoms with Gasteiger partial charge in [0.05, 0.1) is 20.3 Å². The molecule has 2 aromatic carbocycles. The summed E-state index contributed by atoms with van der Waals surface area (Å²) in [5.41, 5.74) is 5.03. The maximum Gasteiger partial charge on any atom is 0.0900 e. The third-order valence-corrected chi connectivity index (χ3v) is 8.41. The summed E-state index contributed by atoms with van der Waals surface area (Å²) in [6, 6.07) is 15.5. The van der Waals surface area contributed by atoms with Crippen LogP contribution in [0, 0.1) is 6.92 Å². The summed E-state index contributed by atoms with van der Waals surface area (Å²) < 4.78 is 1.27. The van der Waals surface area contributed by atoms with Gasteiger partial charge >= 0.3 is 0 Å². The van der Waals surface area contributed by atoms with Crippen molar-refractivity contribution in [3.05, 3.63) is 70.3 Å². The number of pyridine rings is 1. The van der Waals surface area contributed by atoms with Gasteiger partial charge in [0.1, 0.15) is 0 Å². The predicted octanol–water partition coefficient (Wildman–Crippen LogP) is 8.97. The van der Waals surface area contributed by atoms with Crippen LogP contribution in [-0.2, 0) is 5.41 Å². The van der Waals surface area contributed by atoms with Crippen LogP contribution >= 0.6 is 22.7 Å². The quantitative estimate of drug-likeness (QED) is 0.271. The number of hydrogen-bond donors (Lipinski definition) is 0. The van der Waals surface area contributed by atoms with Crippen LogP contribution in [0.1, 0.15) is 56.0 Å². The van der Waals surface area contributed by atoms with E-state index in [4.69, 9.17) is 4.98 Å². The van der Waals surface area contributed by atoms with Crippen molar-refractivity contribution in [2.24, 2.45) is 0 Å². The van der Waals surface area contributed by atoms with Crippen LogP contribution in [0.25, 0.3) is 42.6 Å². The molecule has 0 unspecified atom stereocenters. The molecule has 0 amide bonds. The molecule has 3 aromatic heterocycles. The second-order valence-electron chi connectivity index (χ2n) is 9.77. The van der Waals surface area contributed by atoms with Crippen molar-refractivity contribution in [3.63, 3.8) is 0 Å². The van der Waals surface area contributed by atoms with E-state index in [1.807, 2.05) is 23.7 Å². The first kappa shape index (κ1) is 21.3. The highest BCUT2D eigenvalue weighted by atomic mass is 32.1. The molecule has 2 nitrogen and oxygen atoms in total. The Morgan fingerprint density at radius 2 is 1.69 bits per heavy atom. The average Bonchev–Trinajstić information content (AvgIpc) is 3.35. The molecular weight excluding hydrogens is 428 g/mol. The number of thiophene rings is 1. The first-order valence-corrected chi connectivity index (χ1v) is 12.7. The predicted molar refractivity (Wildman–Crippen MR) is 141 cm³/mol. The van der Waals surface area contributed by atoms with Gasteiger partial charge in [0.2, 0.25) is 0 Å². The van der Waals surface area contributed by atoms with Gasteiger partial charge in [-0.2, -0.15) is 0 Å². The zero-order valence-electron chi connectivity index (χ0n) is 19.5. The van der Waals surface area contributed by atoms with Crippen molar-refractivity contribution < 1.29 is 0 Å². The molecule has 4 heteroatoms. The second kappa shape index (κ2) is 7.79. The molecule has 0 bridgehead atoms. The molecule has 0 spiro atoms. The zero-order valence-corrected chi connectivity index (χ0v) is 21.1. The molecule has 0 N–H and O–H groups in total. The van der Waals surface area contributed by atoms with Crippen LogP contribution in [0.15, 0.2) is 54.9 Å². The van der Waals surface area contributed by atoms with E-state index < -0.39 is 0 Å². The van der Waals surface area contributed by atoms with Crippen molar-refractivity contribution in [2.75, 3.05) is 0 Å². The fourth-order valence-electron chi connectivity index (χ4n) is 4.45. The Balaban J connectivity index is 1.82. The summed E-state index contributed by atoms with van der Waals surface area (Å²) in [5.74, 6) is 0.444. The summed E-state index contributed by atoms with van der Waals surface area (Å²) in [7, 11) is 0. The normalized spacial score (nSPS) is 12.3. The van der Waals surface area contributed by atoms with Crippen LogP contribution in [0.4, 0.5) is 0 Å². The highest BCUT2D eigenvalue weighted by Crippen LogP contribution is 2.47. The van der Waals surface area contributed by atoms with Crippen LogP contribution in [0.2, 0.25) is 0 Å². The van der Waals surface area contributed by atoms with Crippen molar-refractivity contribution in [1.29, 1.82) is 0 Å². The first-order chi connectivity index (χ1) is 15.2. The van der Waals surface area contributed by atoms with Gasteiger partial charge in [0.15, 0.2) is 0 Å². The molecule has 0 aliphatic carbocycles. The second-order valence-corrected chi connectivity index (χ2v) is 12.1. The standard InChI is InChI=1S/C28H28N2S2/c1-16(2)26-24(23-15-30-17(3)31-23)21-11-12-29-25(27(21)32-26)19-13-18-9-7-8-10-20(18)22(14-19)28(4,5)6/h7-16H,1-6H3. The van der Waals surface area contributed by atoms with Gasteiger partial charge in [-0.15, -0.1) is 22.7 Å². The van der Waals surface area contributed by atoms with Gasteiger partial charge < -0.3 is 0 Å². The number of aryl methyl sites for hydroxylation is 1. The van der Waals surface area contributed by atoms with Crippen LogP contribution < -0.4 is 0 Å². The summed E-state index contributed by atoms with van der Waals surface area (Å²) in [4.78, 5) is 12.1. The lowest BCUT2D eigenvalue weighted by Crippen LogP contribution is -2.12. The third-order valence-electron chi connectivity index (χ3n) is 5.97. The minimum atomic E-state index is 0.0490. The van der Waals surface area contributed by atoms with E-state index in [2.05, 4.69) is 89.0 Å². The Bertz CT molecular complexity index is 1450. The molecule has 0 saturated heterocycles. The molecule has 162 valence electrons.